The number of hydrogen-bond donors (Lipinski definition) is 2. The SMILES string of the molecule is CCCc1c(O)ccc(C(C)O)c1OCCCC(=O)OCC. The molecule has 124 valence electrons. The first kappa shape index (κ1) is 18.3. The Morgan fingerprint density at radius 1 is 1.32 bits per heavy atom. The summed E-state index contributed by atoms with van der Waals surface area (Å²) in [6.07, 6.45) is 1.66. The first-order valence-corrected chi connectivity index (χ1v) is 7.82. The second-order valence-electron chi connectivity index (χ2n) is 5.16. The molecular weight excluding hydrogens is 284 g/mol. The highest BCUT2D eigenvalue weighted by Gasteiger charge is 2.17. The number of phenols is 1. The molecule has 1 aromatic carbocycles. The molecule has 0 aliphatic rings. The van der Waals surface area contributed by atoms with Gasteiger partial charge in [-0.15, -0.1) is 0 Å². The van der Waals surface area contributed by atoms with Gasteiger partial charge in [0.05, 0.1) is 19.3 Å². The average molecular weight is 310 g/mol. The van der Waals surface area contributed by atoms with Crippen LogP contribution in [-0.2, 0) is 16.0 Å². The number of hydrogen-bond acceptors (Lipinski definition) is 5. The van der Waals surface area contributed by atoms with Gasteiger partial charge in [-0.1, -0.05) is 13.3 Å². The second-order valence-corrected chi connectivity index (χ2v) is 5.16. The number of ether oxygens (including phenoxy) is 2. The lowest BCUT2D eigenvalue weighted by atomic mass is 10.0. The Hall–Kier alpha value is -1.75. The Labute approximate surface area is 131 Å². The van der Waals surface area contributed by atoms with Crippen LogP contribution in [0.2, 0.25) is 0 Å². The van der Waals surface area contributed by atoms with Crippen molar-refractivity contribution >= 4 is 5.97 Å². The van der Waals surface area contributed by atoms with Gasteiger partial charge in [0.1, 0.15) is 11.5 Å². The summed E-state index contributed by atoms with van der Waals surface area (Å²) in [5, 5.41) is 19.9. The van der Waals surface area contributed by atoms with Gasteiger partial charge in [-0.05, 0) is 38.8 Å². The van der Waals surface area contributed by atoms with E-state index >= 15 is 0 Å². The summed E-state index contributed by atoms with van der Waals surface area (Å²) in [5.74, 6) is 0.457. The van der Waals surface area contributed by atoms with Crippen LogP contribution < -0.4 is 4.74 Å². The zero-order valence-electron chi connectivity index (χ0n) is 13.6. The maximum Gasteiger partial charge on any atom is 0.305 e. The predicted octanol–water partition coefficient (Wildman–Crippen LogP) is 3.12. The van der Waals surface area contributed by atoms with E-state index in [-0.39, 0.29) is 11.7 Å². The monoisotopic (exact) mass is 310 g/mol. The fourth-order valence-electron chi connectivity index (χ4n) is 2.25. The summed E-state index contributed by atoms with van der Waals surface area (Å²) in [6.45, 7) is 6.15. The standard InChI is InChI=1S/C17H26O5/c1-4-7-14-15(19)10-9-13(12(3)18)17(14)22-11-6-8-16(20)21-5-2/h9-10,12,18-19H,4-8,11H2,1-3H3. The van der Waals surface area contributed by atoms with Crippen LogP contribution in [0.3, 0.4) is 0 Å². The van der Waals surface area contributed by atoms with E-state index in [0.717, 1.165) is 6.42 Å². The molecule has 0 saturated carbocycles. The van der Waals surface area contributed by atoms with E-state index in [1.54, 1.807) is 26.0 Å². The quantitative estimate of drug-likeness (QED) is 0.541. The van der Waals surface area contributed by atoms with Crippen molar-refractivity contribution in [2.24, 2.45) is 0 Å². The number of esters is 1. The third-order valence-electron chi connectivity index (χ3n) is 3.29. The Bertz CT molecular complexity index is 482. The van der Waals surface area contributed by atoms with Crippen LogP contribution in [0.15, 0.2) is 12.1 Å². The van der Waals surface area contributed by atoms with Gasteiger partial charge < -0.3 is 19.7 Å². The van der Waals surface area contributed by atoms with Gasteiger partial charge in [0.25, 0.3) is 0 Å². The largest absolute Gasteiger partial charge is 0.508 e. The second kappa shape index (κ2) is 9.30. The van der Waals surface area contributed by atoms with Gasteiger partial charge in [-0.2, -0.15) is 0 Å². The fourth-order valence-corrected chi connectivity index (χ4v) is 2.25. The molecular formula is C17H26O5. The minimum atomic E-state index is -0.684. The number of rotatable bonds is 9. The summed E-state index contributed by atoms with van der Waals surface area (Å²) in [6, 6.07) is 3.25. The molecule has 0 bridgehead atoms. The molecule has 22 heavy (non-hydrogen) atoms. The lowest BCUT2D eigenvalue weighted by Crippen LogP contribution is -2.09. The first-order chi connectivity index (χ1) is 10.5. The lowest BCUT2D eigenvalue weighted by molar-refractivity contribution is -0.143. The Morgan fingerprint density at radius 2 is 2.05 bits per heavy atom. The van der Waals surface area contributed by atoms with Crippen molar-refractivity contribution in [1.29, 1.82) is 0 Å². The van der Waals surface area contributed by atoms with Crippen LogP contribution in [-0.4, -0.2) is 29.4 Å². The van der Waals surface area contributed by atoms with E-state index in [1.807, 2.05) is 6.92 Å². The minimum Gasteiger partial charge on any atom is -0.508 e. The highest BCUT2D eigenvalue weighted by molar-refractivity contribution is 5.69. The van der Waals surface area contributed by atoms with Crippen molar-refractivity contribution in [1.82, 2.24) is 0 Å². The van der Waals surface area contributed by atoms with Crippen molar-refractivity contribution in [3.8, 4) is 11.5 Å². The van der Waals surface area contributed by atoms with Crippen molar-refractivity contribution in [2.75, 3.05) is 13.2 Å². The molecule has 5 heteroatoms. The molecule has 0 aliphatic carbocycles. The Balaban J connectivity index is 2.78. The number of aromatic hydroxyl groups is 1. The third-order valence-corrected chi connectivity index (χ3v) is 3.29. The predicted molar refractivity (Wildman–Crippen MR) is 84.1 cm³/mol. The van der Waals surface area contributed by atoms with Crippen LogP contribution >= 0.6 is 0 Å². The number of phenolic OH excluding ortho intramolecular Hbond substituents is 1. The number of benzene rings is 1. The van der Waals surface area contributed by atoms with Gasteiger partial charge in [0.15, 0.2) is 0 Å². The molecule has 0 aromatic heterocycles. The number of aliphatic hydroxyl groups is 1. The van der Waals surface area contributed by atoms with Gasteiger partial charge in [-0.3, -0.25) is 4.79 Å². The first-order valence-electron chi connectivity index (χ1n) is 7.82. The molecule has 1 atom stereocenters. The lowest BCUT2D eigenvalue weighted by Gasteiger charge is -2.18. The average Bonchev–Trinajstić information content (AvgIpc) is 2.46. The molecule has 1 aromatic rings. The molecule has 0 spiro atoms. The summed E-state index contributed by atoms with van der Waals surface area (Å²) in [7, 11) is 0. The summed E-state index contributed by atoms with van der Waals surface area (Å²) >= 11 is 0. The highest BCUT2D eigenvalue weighted by atomic mass is 16.5. The smallest absolute Gasteiger partial charge is 0.305 e. The maximum atomic E-state index is 11.3. The Morgan fingerprint density at radius 3 is 2.64 bits per heavy atom. The maximum absolute atomic E-state index is 11.3. The highest BCUT2D eigenvalue weighted by Crippen LogP contribution is 2.36. The van der Waals surface area contributed by atoms with E-state index < -0.39 is 6.10 Å². The molecule has 1 unspecified atom stereocenters. The van der Waals surface area contributed by atoms with Gasteiger partial charge in [0.2, 0.25) is 0 Å². The molecule has 5 nitrogen and oxygen atoms in total. The molecule has 0 saturated heterocycles. The van der Waals surface area contributed by atoms with Crippen molar-refractivity contribution in [3.63, 3.8) is 0 Å². The van der Waals surface area contributed by atoms with E-state index in [0.29, 0.717) is 49.4 Å². The number of aliphatic hydroxyl groups excluding tert-OH is 1. The van der Waals surface area contributed by atoms with Gasteiger partial charge in [0, 0.05) is 17.5 Å². The summed E-state index contributed by atoms with van der Waals surface area (Å²) in [4.78, 5) is 11.3. The van der Waals surface area contributed by atoms with E-state index in [4.69, 9.17) is 9.47 Å². The van der Waals surface area contributed by atoms with Crippen LogP contribution in [0.1, 0.15) is 57.3 Å². The minimum absolute atomic E-state index is 0.173. The summed E-state index contributed by atoms with van der Waals surface area (Å²) in [5.41, 5.74) is 1.36. The van der Waals surface area contributed by atoms with E-state index in [9.17, 15) is 15.0 Å². The van der Waals surface area contributed by atoms with E-state index in [2.05, 4.69) is 0 Å². The Kier molecular flexibility index (Phi) is 7.74. The molecule has 0 fully saturated rings. The topological polar surface area (TPSA) is 76.0 Å². The molecule has 0 aliphatic heterocycles. The number of carbonyl (C=O) groups excluding carboxylic acids is 1. The molecule has 0 radical (unpaired) electrons. The van der Waals surface area contributed by atoms with Crippen LogP contribution in [0, 0.1) is 0 Å². The molecule has 0 heterocycles. The van der Waals surface area contributed by atoms with Crippen molar-refractivity contribution in [2.45, 2.75) is 52.6 Å². The third kappa shape index (κ3) is 5.22. The van der Waals surface area contributed by atoms with Crippen LogP contribution in [0.4, 0.5) is 0 Å². The van der Waals surface area contributed by atoms with Crippen molar-refractivity contribution < 1.29 is 24.5 Å². The molecule has 0 amide bonds. The molecule has 1 rings (SSSR count). The zero-order chi connectivity index (χ0) is 16.5. The van der Waals surface area contributed by atoms with E-state index in [1.165, 1.54) is 0 Å². The van der Waals surface area contributed by atoms with Crippen LogP contribution in [0.5, 0.6) is 11.5 Å². The van der Waals surface area contributed by atoms with Gasteiger partial charge >= 0.3 is 5.97 Å². The number of carbonyl (C=O) groups is 1. The fraction of sp³-hybridized carbons (Fsp3) is 0.588. The van der Waals surface area contributed by atoms with Gasteiger partial charge in [-0.25, -0.2) is 0 Å². The zero-order valence-corrected chi connectivity index (χ0v) is 13.6. The normalized spacial score (nSPS) is 12.0. The summed E-state index contributed by atoms with van der Waals surface area (Å²) < 4.78 is 10.6. The molecule has 2 N–H and O–H groups in total. The van der Waals surface area contributed by atoms with Crippen LogP contribution in [0.25, 0.3) is 0 Å². The van der Waals surface area contributed by atoms with Crippen molar-refractivity contribution in [3.05, 3.63) is 23.3 Å².